The van der Waals surface area contributed by atoms with Gasteiger partial charge < -0.3 is 15.1 Å². The number of rotatable bonds is 3. The van der Waals surface area contributed by atoms with E-state index in [0.717, 1.165) is 12.1 Å². The second-order valence-electron chi connectivity index (χ2n) is 6.51. The molecule has 1 aliphatic rings. The monoisotopic (exact) mass is 393 g/mol. The van der Waals surface area contributed by atoms with Crippen molar-refractivity contribution in [2.24, 2.45) is 0 Å². The van der Waals surface area contributed by atoms with Crippen molar-refractivity contribution in [3.63, 3.8) is 0 Å². The Balaban J connectivity index is 1.81. The summed E-state index contributed by atoms with van der Waals surface area (Å²) in [5, 5.41) is 9.49. The molecule has 0 radical (unpaired) electrons. The fourth-order valence-corrected chi connectivity index (χ4v) is 3.01. The van der Waals surface area contributed by atoms with E-state index in [0.29, 0.717) is 11.4 Å². The van der Waals surface area contributed by atoms with Crippen molar-refractivity contribution >= 4 is 29.0 Å². The fourth-order valence-electron chi connectivity index (χ4n) is 3.01. The molecule has 0 fully saturated rings. The number of fused-ring (bicyclic) bond motifs is 1. The Morgan fingerprint density at radius 2 is 1.96 bits per heavy atom. The van der Waals surface area contributed by atoms with Crippen LogP contribution in [0, 0.1) is 0 Å². The molecular weight excluding hydrogens is 375 g/mol. The summed E-state index contributed by atoms with van der Waals surface area (Å²) in [6.07, 6.45) is -4.45. The van der Waals surface area contributed by atoms with E-state index in [9.17, 15) is 22.8 Å². The zero-order chi connectivity index (χ0) is 20.5. The summed E-state index contributed by atoms with van der Waals surface area (Å²) in [7, 11) is 1.53. The largest absolute Gasteiger partial charge is 0.435 e. The molecule has 10 heteroatoms. The number of hydrogen-bond donors (Lipinski definition) is 1. The van der Waals surface area contributed by atoms with Crippen LogP contribution in [0.3, 0.4) is 0 Å². The summed E-state index contributed by atoms with van der Waals surface area (Å²) in [6, 6.07) is 8.53. The molecule has 1 aromatic heterocycles. The lowest BCUT2D eigenvalue weighted by atomic mass is 10.1. The van der Waals surface area contributed by atoms with Crippen LogP contribution in [-0.2, 0) is 15.8 Å². The Hall–Kier alpha value is -3.17. The van der Waals surface area contributed by atoms with Crippen molar-refractivity contribution in [3.05, 3.63) is 42.1 Å². The lowest BCUT2D eigenvalue weighted by Gasteiger charge is -2.30. The number of carbonyl (C=O) groups excluding carboxylic acids is 2. The van der Waals surface area contributed by atoms with Crippen molar-refractivity contribution in [3.8, 4) is 0 Å². The van der Waals surface area contributed by atoms with Gasteiger partial charge in [-0.15, -0.1) is 10.2 Å². The summed E-state index contributed by atoms with van der Waals surface area (Å²) in [4.78, 5) is 27.9. The molecule has 1 unspecified atom stereocenters. The van der Waals surface area contributed by atoms with Gasteiger partial charge in [-0.3, -0.25) is 9.59 Å². The van der Waals surface area contributed by atoms with E-state index in [1.54, 1.807) is 31.2 Å². The Morgan fingerprint density at radius 3 is 2.61 bits per heavy atom. The normalized spacial score (nSPS) is 16.8. The summed E-state index contributed by atoms with van der Waals surface area (Å²) in [6.45, 7) is 1.62. The smallest absolute Gasteiger partial charge is 0.349 e. The van der Waals surface area contributed by atoms with Gasteiger partial charge in [-0.25, -0.2) is 0 Å². The number of aromatic nitrogens is 2. The Morgan fingerprint density at radius 1 is 1.25 bits per heavy atom. The van der Waals surface area contributed by atoms with Crippen LogP contribution >= 0.6 is 0 Å². The first kappa shape index (κ1) is 19.6. The lowest BCUT2D eigenvalue weighted by Crippen LogP contribution is -2.44. The van der Waals surface area contributed by atoms with Crippen molar-refractivity contribution in [1.29, 1.82) is 0 Å². The highest BCUT2D eigenvalue weighted by Crippen LogP contribution is 2.31. The number of halogens is 3. The lowest BCUT2D eigenvalue weighted by molar-refractivity contribution is -0.141. The van der Waals surface area contributed by atoms with Crippen molar-refractivity contribution in [1.82, 2.24) is 10.2 Å². The number of nitrogens with zero attached hydrogens (tertiary/aromatic N) is 4. The minimum Gasteiger partial charge on any atom is -0.349 e. The highest BCUT2D eigenvalue weighted by atomic mass is 19.4. The first-order chi connectivity index (χ1) is 13.2. The standard InChI is InChI=1S/C18H18F3N5O2/c1-11-9-16(27)22-12-5-3-4-6-13(12)26(11)17(28)10-25(2)15-8-7-14(23-24-15)18(19,20)21/h3-8,11H,9-10H2,1-2H3,(H,22,27). The fraction of sp³-hybridized carbons (Fsp3) is 0.333. The van der Waals surface area contributed by atoms with Crippen molar-refractivity contribution < 1.29 is 22.8 Å². The number of benzene rings is 1. The number of nitrogens with one attached hydrogen (secondary N) is 1. The van der Waals surface area contributed by atoms with Gasteiger partial charge in [-0.2, -0.15) is 13.2 Å². The van der Waals surface area contributed by atoms with E-state index in [1.807, 2.05) is 0 Å². The molecule has 2 amide bonds. The topological polar surface area (TPSA) is 78.4 Å². The summed E-state index contributed by atoms with van der Waals surface area (Å²) >= 11 is 0. The molecule has 0 bridgehead atoms. The van der Waals surface area contributed by atoms with Crippen LogP contribution < -0.4 is 15.1 Å². The third-order valence-corrected chi connectivity index (χ3v) is 4.33. The van der Waals surface area contributed by atoms with E-state index in [-0.39, 0.29) is 36.6 Å². The van der Waals surface area contributed by atoms with Gasteiger partial charge in [-0.05, 0) is 31.2 Å². The molecule has 1 aliphatic heterocycles. The first-order valence-electron chi connectivity index (χ1n) is 8.50. The average Bonchev–Trinajstić information content (AvgIpc) is 2.75. The van der Waals surface area contributed by atoms with Crippen LogP contribution in [0.4, 0.5) is 30.4 Å². The summed E-state index contributed by atoms with van der Waals surface area (Å²) in [5.41, 5.74) is -0.00411. The van der Waals surface area contributed by atoms with Crippen LogP contribution in [0.5, 0.6) is 0 Å². The highest BCUT2D eigenvalue weighted by Gasteiger charge is 2.33. The zero-order valence-corrected chi connectivity index (χ0v) is 15.2. The van der Waals surface area contributed by atoms with Crippen LogP contribution in [0.15, 0.2) is 36.4 Å². The third kappa shape index (κ3) is 4.05. The molecule has 0 saturated heterocycles. The molecule has 2 aromatic rings. The molecule has 0 aliphatic carbocycles. The predicted octanol–water partition coefficient (Wildman–Crippen LogP) is 2.70. The number of carbonyl (C=O) groups is 2. The van der Waals surface area contributed by atoms with E-state index in [2.05, 4.69) is 15.5 Å². The minimum absolute atomic E-state index is 0.129. The number of para-hydroxylation sites is 2. The SMILES string of the molecule is CC1CC(=O)Nc2ccccc2N1C(=O)CN(C)c1ccc(C(F)(F)F)nn1. The number of amides is 2. The van der Waals surface area contributed by atoms with Gasteiger partial charge in [0.2, 0.25) is 11.8 Å². The van der Waals surface area contributed by atoms with Crippen LogP contribution in [-0.4, -0.2) is 41.6 Å². The van der Waals surface area contributed by atoms with Gasteiger partial charge in [0.25, 0.3) is 0 Å². The van der Waals surface area contributed by atoms with Gasteiger partial charge in [0, 0.05) is 19.5 Å². The molecule has 1 N–H and O–H groups in total. The molecule has 3 rings (SSSR count). The molecule has 148 valence electrons. The van der Waals surface area contributed by atoms with E-state index in [4.69, 9.17) is 0 Å². The van der Waals surface area contributed by atoms with Gasteiger partial charge in [0.05, 0.1) is 17.9 Å². The molecular formula is C18H18F3N5O2. The highest BCUT2D eigenvalue weighted by molar-refractivity contribution is 6.05. The number of anilines is 3. The molecule has 1 aromatic carbocycles. The number of likely N-dealkylation sites (N-methyl/N-ethyl adjacent to an activating group) is 1. The van der Waals surface area contributed by atoms with Crippen LogP contribution in [0.25, 0.3) is 0 Å². The molecule has 0 saturated carbocycles. The van der Waals surface area contributed by atoms with E-state index < -0.39 is 11.9 Å². The minimum atomic E-state index is -4.58. The van der Waals surface area contributed by atoms with E-state index >= 15 is 0 Å². The predicted molar refractivity (Wildman–Crippen MR) is 96.9 cm³/mol. The van der Waals surface area contributed by atoms with E-state index in [1.165, 1.54) is 16.8 Å². The van der Waals surface area contributed by atoms with Gasteiger partial charge >= 0.3 is 6.18 Å². The van der Waals surface area contributed by atoms with Crippen molar-refractivity contribution in [2.75, 3.05) is 28.7 Å². The summed E-state index contributed by atoms with van der Waals surface area (Å²) in [5.74, 6) is -0.385. The number of hydrogen-bond acceptors (Lipinski definition) is 5. The molecule has 1 atom stereocenters. The second-order valence-corrected chi connectivity index (χ2v) is 6.51. The second kappa shape index (κ2) is 7.45. The maximum absolute atomic E-state index is 13.0. The molecule has 28 heavy (non-hydrogen) atoms. The van der Waals surface area contributed by atoms with Crippen LogP contribution in [0.2, 0.25) is 0 Å². The van der Waals surface area contributed by atoms with Gasteiger partial charge in [0.15, 0.2) is 11.5 Å². The first-order valence-corrected chi connectivity index (χ1v) is 8.50. The van der Waals surface area contributed by atoms with Crippen molar-refractivity contribution in [2.45, 2.75) is 25.6 Å². The van der Waals surface area contributed by atoms with Gasteiger partial charge in [0.1, 0.15) is 0 Å². The maximum Gasteiger partial charge on any atom is 0.435 e. The maximum atomic E-state index is 13.0. The Kier molecular flexibility index (Phi) is 5.21. The molecule has 7 nitrogen and oxygen atoms in total. The Bertz CT molecular complexity index is 886. The van der Waals surface area contributed by atoms with Crippen LogP contribution in [0.1, 0.15) is 19.0 Å². The Labute approximate surface area is 159 Å². The number of alkyl halides is 3. The average molecular weight is 393 g/mol. The zero-order valence-electron chi connectivity index (χ0n) is 15.2. The van der Waals surface area contributed by atoms with Gasteiger partial charge in [-0.1, -0.05) is 12.1 Å². The quantitative estimate of drug-likeness (QED) is 0.868. The summed E-state index contributed by atoms with van der Waals surface area (Å²) < 4.78 is 37.9. The molecule has 2 heterocycles. The molecule has 0 spiro atoms. The third-order valence-electron chi connectivity index (χ3n) is 4.33.